The third kappa shape index (κ3) is 4.00. The fourth-order valence-corrected chi connectivity index (χ4v) is 3.22. The third-order valence-corrected chi connectivity index (χ3v) is 3.99. The smallest absolute Gasteiger partial charge is 0.229 e. The minimum atomic E-state index is -0.281. The van der Waals surface area contributed by atoms with Crippen LogP contribution in [0, 0.1) is 11.8 Å². The second-order valence-corrected chi connectivity index (χ2v) is 6.76. The highest BCUT2D eigenvalue weighted by Crippen LogP contribution is 2.22. The van der Waals surface area contributed by atoms with Gasteiger partial charge in [-0.3, -0.25) is 9.59 Å². The first-order valence-electron chi connectivity index (χ1n) is 6.86. The molecule has 0 spiro atoms. The zero-order chi connectivity index (χ0) is 14.7. The molecule has 0 unspecified atom stereocenters. The van der Waals surface area contributed by atoms with Gasteiger partial charge in [-0.25, -0.2) is 0 Å². The SMILES string of the molecule is CC(C)Cc1nnc(NC(=O)[C@H]2CC(=O)N[C@H](C)C2)s1. The number of hydrogen-bond acceptors (Lipinski definition) is 5. The number of hydrogen-bond donors (Lipinski definition) is 2. The summed E-state index contributed by atoms with van der Waals surface area (Å²) in [7, 11) is 0. The number of rotatable bonds is 4. The second-order valence-electron chi connectivity index (χ2n) is 5.69. The number of carbonyl (C=O) groups is 2. The Bertz CT molecular complexity index is 500. The Morgan fingerprint density at radius 1 is 1.50 bits per heavy atom. The van der Waals surface area contributed by atoms with Crippen LogP contribution < -0.4 is 10.6 Å². The van der Waals surface area contributed by atoms with Crippen molar-refractivity contribution in [2.75, 3.05) is 5.32 Å². The normalized spacial score (nSPS) is 22.7. The van der Waals surface area contributed by atoms with Crippen molar-refractivity contribution < 1.29 is 9.59 Å². The Morgan fingerprint density at radius 3 is 2.90 bits per heavy atom. The van der Waals surface area contributed by atoms with Crippen molar-refractivity contribution >= 4 is 28.3 Å². The van der Waals surface area contributed by atoms with Crippen molar-refractivity contribution in [3.05, 3.63) is 5.01 Å². The van der Waals surface area contributed by atoms with E-state index in [1.54, 1.807) is 0 Å². The molecule has 2 N–H and O–H groups in total. The van der Waals surface area contributed by atoms with Gasteiger partial charge in [-0.2, -0.15) is 0 Å². The summed E-state index contributed by atoms with van der Waals surface area (Å²) in [5, 5.41) is 15.1. The molecule has 1 saturated heterocycles. The number of amides is 2. The van der Waals surface area contributed by atoms with E-state index in [0.717, 1.165) is 11.4 Å². The first-order valence-corrected chi connectivity index (χ1v) is 7.68. The van der Waals surface area contributed by atoms with Gasteiger partial charge < -0.3 is 10.6 Å². The van der Waals surface area contributed by atoms with Crippen LogP contribution in [0.3, 0.4) is 0 Å². The molecule has 2 atom stereocenters. The molecule has 1 aliphatic rings. The first-order chi connectivity index (χ1) is 9.44. The van der Waals surface area contributed by atoms with Crippen molar-refractivity contribution in [2.24, 2.45) is 11.8 Å². The largest absolute Gasteiger partial charge is 0.354 e. The lowest BCUT2D eigenvalue weighted by molar-refractivity contribution is -0.130. The maximum absolute atomic E-state index is 12.1. The molecule has 1 aliphatic heterocycles. The highest BCUT2D eigenvalue weighted by molar-refractivity contribution is 7.15. The van der Waals surface area contributed by atoms with Crippen molar-refractivity contribution in [3.63, 3.8) is 0 Å². The summed E-state index contributed by atoms with van der Waals surface area (Å²) in [6.45, 7) is 6.13. The van der Waals surface area contributed by atoms with E-state index in [9.17, 15) is 9.59 Å². The zero-order valence-corrected chi connectivity index (χ0v) is 12.8. The summed E-state index contributed by atoms with van der Waals surface area (Å²) in [4.78, 5) is 23.6. The summed E-state index contributed by atoms with van der Waals surface area (Å²) in [6.07, 6.45) is 1.76. The summed E-state index contributed by atoms with van der Waals surface area (Å²) < 4.78 is 0. The van der Waals surface area contributed by atoms with Gasteiger partial charge in [0, 0.05) is 24.8 Å². The maximum atomic E-state index is 12.1. The number of nitrogens with zero attached hydrogens (tertiary/aromatic N) is 2. The standard InChI is InChI=1S/C13H20N4O2S/c1-7(2)4-11-16-17-13(20-11)15-12(19)9-5-8(3)14-10(18)6-9/h7-9H,4-6H2,1-3H3,(H,14,18)(H,15,17,19)/t8-,9-/m1/s1. The molecule has 1 fully saturated rings. The molecule has 1 aromatic rings. The van der Waals surface area contributed by atoms with E-state index < -0.39 is 0 Å². The van der Waals surface area contributed by atoms with E-state index >= 15 is 0 Å². The molecular formula is C13H20N4O2S. The molecule has 0 saturated carbocycles. The monoisotopic (exact) mass is 296 g/mol. The molecular weight excluding hydrogens is 276 g/mol. The van der Waals surface area contributed by atoms with Crippen LogP contribution >= 0.6 is 11.3 Å². The van der Waals surface area contributed by atoms with E-state index in [1.165, 1.54) is 11.3 Å². The van der Waals surface area contributed by atoms with Gasteiger partial charge in [0.05, 0.1) is 0 Å². The highest BCUT2D eigenvalue weighted by atomic mass is 32.1. The summed E-state index contributed by atoms with van der Waals surface area (Å²) >= 11 is 1.40. The molecule has 0 bridgehead atoms. The van der Waals surface area contributed by atoms with Crippen LogP contribution in [0.25, 0.3) is 0 Å². The van der Waals surface area contributed by atoms with Crippen LogP contribution in [0.15, 0.2) is 0 Å². The quantitative estimate of drug-likeness (QED) is 0.883. The Kier molecular flexibility index (Phi) is 4.69. The van der Waals surface area contributed by atoms with Crippen molar-refractivity contribution in [2.45, 2.75) is 46.1 Å². The number of aromatic nitrogens is 2. The number of nitrogens with one attached hydrogen (secondary N) is 2. The van der Waals surface area contributed by atoms with Gasteiger partial charge in [-0.05, 0) is 19.3 Å². The Morgan fingerprint density at radius 2 is 2.25 bits per heavy atom. The number of piperidine rings is 1. The lowest BCUT2D eigenvalue weighted by atomic mass is 9.92. The topological polar surface area (TPSA) is 84.0 Å². The summed E-state index contributed by atoms with van der Waals surface area (Å²) in [5.74, 6) is 0.0196. The Balaban J connectivity index is 1.93. The van der Waals surface area contributed by atoms with E-state index in [0.29, 0.717) is 17.5 Å². The molecule has 2 amide bonds. The zero-order valence-electron chi connectivity index (χ0n) is 12.0. The fraction of sp³-hybridized carbons (Fsp3) is 0.692. The predicted molar refractivity (Wildman–Crippen MR) is 77.4 cm³/mol. The van der Waals surface area contributed by atoms with Gasteiger partial charge in [-0.1, -0.05) is 25.2 Å². The predicted octanol–water partition coefficient (Wildman–Crippen LogP) is 1.59. The van der Waals surface area contributed by atoms with Gasteiger partial charge in [0.2, 0.25) is 16.9 Å². The fourth-order valence-electron chi connectivity index (χ4n) is 2.27. The molecule has 1 aromatic heterocycles. The minimum Gasteiger partial charge on any atom is -0.354 e. The summed E-state index contributed by atoms with van der Waals surface area (Å²) in [6, 6.07) is 0.0397. The average molecular weight is 296 g/mol. The number of anilines is 1. The minimum absolute atomic E-state index is 0.0397. The second kappa shape index (κ2) is 6.30. The third-order valence-electron chi connectivity index (χ3n) is 3.13. The van der Waals surface area contributed by atoms with Crippen molar-refractivity contribution in [1.29, 1.82) is 0 Å². The van der Waals surface area contributed by atoms with Crippen LogP contribution in [-0.4, -0.2) is 28.1 Å². The lowest BCUT2D eigenvalue weighted by Gasteiger charge is -2.26. The average Bonchev–Trinajstić information content (AvgIpc) is 2.74. The van der Waals surface area contributed by atoms with Crippen molar-refractivity contribution in [3.8, 4) is 0 Å². The number of carbonyl (C=O) groups excluding carboxylic acids is 2. The molecule has 2 rings (SSSR count). The van der Waals surface area contributed by atoms with E-state index in [-0.39, 0.29) is 30.2 Å². The van der Waals surface area contributed by atoms with E-state index in [2.05, 4.69) is 34.7 Å². The molecule has 0 radical (unpaired) electrons. The molecule has 0 aromatic carbocycles. The van der Waals surface area contributed by atoms with Gasteiger partial charge in [-0.15, -0.1) is 10.2 Å². The molecule has 110 valence electrons. The lowest BCUT2D eigenvalue weighted by Crippen LogP contribution is -2.44. The van der Waals surface area contributed by atoms with E-state index in [1.807, 2.05) is 6.92 Å². The van der Waals surface area contributed by atoms with Gasteiger partial charge in [0.15, 0.2) is 0 Å². The van der Waals surface area contributed by atoms with Gasteiger partial charge in [0.25, 0.3) is 0 Å². The highest BCUT2D eigenvalue weighted by Gasteiger charge is 2.29. The van der Waals surface area contributed by atoms with E-state index in [4.69, 9.17) is 0 Å². The summed E-state index contributed by atoms with van der Waals surface area (Å²) in [5.41, 5.74) is 0. The molecule has 6 nitrogen and oxygen atoms in total. The first kappa shape index (κ1) is 14.9. The van der Waals surface area contributed by atoms with Crippen LogP contribution in [0.2, 0.25) is 0 Å². The molecule has 2 heterocycles. The van der Waals surface area contributed by atoms with Crippen LogP contribution in [-0.2, 0) is 16.0 Å². The molecule has 0 aliphatic carbocycles. The van der Waals surface area contributed by atoms with Gasteiger partial charge in [0.1, 0.15) is 5.01 Å². The van der Waals surface area contributed by atoms with Crippen molar-refractivity contribution in [1.82, 2.24) is 15.5 Å². The van der Waals surface area contributed by atoms with Crippen LogP contribution in [0.4, 0.5) is 5.13 Å². The van der Waals surface area contributed by atoms with Crippen LogP contribution in [0.1, 0.15) is 38.6 Å². The molecule has 7 heteroatoms. The Hall–Kier alpha value is -1.50. The Labute approximate surface area is 122 Å². The van der Waals surface area contributed by atoms with Crippen LogP contribution in [0.5, 0.6) is 0 Å². The maximum Gasteiger partial charge on any atom is 0.229 e. The van der Waals surface area contributed by atoms with Gasteiger partial charge >= 0.3 is 0 Å². The molecule has 20 heavy (non-hydrogen) atoms.